The standard InChI is InChI=1S/C26H30N4O3/c31-23(12-7-16-30-24(32)26(28-25(30)33)14-5-6-15-26)27-21-10-3-1-9-20(21)18-29-17-13-19-8-2-4-11-22(19)29/h1-4,8-11H,5-7,12-18H2,(H,27,31)(H,28,33). The number of urea groups is 1. The van der Waals surface area contributed by atoms with E-state index in [1.165, 1.54) is 16.2 Å². The lowest BCUT2D eigenvalue weighted by atomic mass is 9.98. The molecule has 0 aromatic heterocycles. The first-order chi connectivity index (χ1) is 16.1. The Labute approximate surface area is 194 Å². The number of carbonyl (C=O) groups is 3. The number of rotatable bonds is 7. The number of para-hydroxylation sites is 2. The molecule has 5 rings (SSSR count). The van der Waals surface area contributed by atoms with E-state index >= 15 is 0 Å². The predicted octanol–water partition coefficient (Wildman–Crippen LogP) is 3.83. The van der Waals surface area contributed by atoms with Crippen LogP contribution in [0.5, 0.6) is 0 Å². The summed E-state index contributed by atoms with van der Waals surface area (Å²) < 4.78 is 0. The number of hydrogen-bond acceptors (Lipinski definition) is 4. The Morgan fingerprint density at radius 2 is 1.79 bits per heavy atom. The van der Waals surface area contributed by atoms with Crippen molar-refractivity contribution in [3.63, 3.8) is 0 Å². The summed E-state index contributed by atoms with van der Waals surface area (Å²) in [6, 6.07) is 16.0. The van der Waals surface area contributed by atoms with Gasteiger partial charge in [-0.05, 0) is 48.9 Å². The molecule has 1 saturated heterocycles. The maximum atomic E-state index is 12.7. The molecule has 2 aromatic rings. The molecule has 2 aliphatic heterocycles. The fraction of sp³-hybridized carbons (Fsp3) is 0.423. The second-order valence-corrected chi connectivity index (χ2v) is 9.29. The van der Waals surface area contributed by atoms with Crippen LogP contribution >= 0.6 is 0 Å². The van der Waals surface area contributed by atoms with E-state index in [2.05, 4.69) is 39.8 Å². The van der Waals surface area contributed by atoms with Gasteiger partial charge in [-0.2, -0.15) is 0 Å². The molecule has 0 radical (unpaired) electrons. The van der Waals surface area contributed by atoms with Gasteiger partial charge in [0.15, 0.2) is 0 Å². The van der Waals surface area contributed by atoms with Crippen LogP contribution in [0.2, 0.25) is 0 Å². The molecule has 2 heterocycles. The zero-order valence-corrected chi connectivity index (χ0v) is 18.8. The molecule has 3 aliphatic rings. The topological polar surface area (TPSA) is 81.8 Å². The Hall–Kier alpha value is -3.35. The average molecular weight is 447 g/mol. The summed E-state index contributed by atoms with van der Waals surface area (Å²) in [6.45, 7) is 1.97. The second kappa shape index (κ2) is 8.89. The first kappa shape index (κ1) is 21.5. The normalized spacial score (nSPS) is 18.7. The molecule has 7 nitrogen and oxygen atoms in total. The Kier molecular flexibility index (Phi) is 5.79. The SMILES string of the molecule is O=C(CCCN1C(=O)NC2(CCCC2)C1=O)Nc1ccccc1CN1CCc2ccccc21. The Morgan fingerprint density at radius 1 is 1.03 bits per heavy atom. The summed E-state index contributed by atoms with van der Waals surface area (Å²) in [5.41, 5.74) is 3.81. The highest BCUT2D eigenvalue weighted by Gasteiger charge is 2.52. The number of imide groups is 1. The maximum absolute atomic E-state index is 12.7. The lowest BCUT2D eigenvalue weighted by molar-refractivity contribution is -0.131. The van der Waals surface area contributed by atoms with Gasteiger partial charge in [0.1, 0.15) is 5.54 Å². The largest absolute Gasteiger partial charge is 0.367 e. The number of fused-ring (bicyclic) bond motifs is 1. The van der Waals surface area contributed by atoms with E-state index in [-0.39, 0.29) is 30.8 Å². The van der Waals surface area contributed by atoms with Crippen molar-refractivity contribution >= 4 is 29.2 Å². The molecule has 0 unspecified atom stereocenters. The van der Waals surface area contributed by atoms with E-state index in [0.29, 0.717) is 19.3 Å². The number of anilines is 2. The van der Waals surface area contributed by atoms with Crippen molar-refractivity contribution in [3.05, 3.63) is 59.7 Å². The van der Waals surface area contributed by atoms with Gasteiger partial charge in [-0.25, -0.2) is 4.79 Å². The van der Waals surface area contributed by atoms with E-state index < -0.39 is 5.54 Å². The smallest absolute Gasteiger partial charge is 0.325 e. The van der Waals surface area contributed by atoms with Crippen LogP contribution in [0.3, 0.4) is 0 Å². The maximum Gasteiger partial charge on any atom is 0.325 e. The van der Waals surface area contributed by atoms with Crippen molar-refractivity contribution in [3.8, 4) is 0 Å². The summed E-state index contributed by atoms with van der Waals surface area (Å²) in [5.74, 6) is -0.228. The summed E-state index contributed by atoms with van der Waals surface area (Å²) in [7, 11) is 0. The fourth-order valence-corrected chi connectivity index (χ4v) is 5.36. The van der Waals surface area contributed by atoms with E-state index in [1.54, 1.807) is 0 Å². The van der Waals surface area contributed by atoms with Gasteiger partial charge in [-0.1, -0.05) is 49.2 Å². The Balaban J connectivity index is 1.16. The van der Waals surface area contributed by atoms with Crippen molar-refractivity contribution in [2.24, 2.45) is 0 Å². The molecular weight excluding hydrogens is 416 g/mol. The van der Waals surface area contributed by atoms with E-state index in [9.17, 15) is 14.4 Å². The third-order valence-electron chi connectivity index (χ3n) is 7.12. The third-order valence-corrected chi connectivity index (χ3v) is 7.12. The van der Waals surface area contributed by atoms with E-state index in [0.717, 1.165) is 43.6 Å². The molecule has 0 atom stereocenters. The van der Waals surface area contributed by atoms with Gasteiger partial charge in [0.25, 0.3) is 5.91 Å². The zero-order valence-electron chi connectivity index (χ0n) is 18.8. The van der Waals surface area contributed by atoms with Gasteiger partial charge < -0.3 is 15.5 Å². The highest BCUT2D eigenvalue weighted by molar-refractivity contribution is 6.07. The third kappa shape index (κ3) is 4.19. The fourth-order valence-electron chi connectivity index (χ4n) is 5.36. The Morgan fingerprint density at radius 3 is 2.64 bits per heavy atom. The van der Waals surface area contributed by atoms with Crippen LogP contribution in [0.4, 0.5) is 16.2 Å². The van der Waals surface area contributed by atoms with Gasteiger partial charge in [0.2, 0.25) is 5.91 Å². The number of carbonyl (C=O) groups excluding carboxylic acids is 3. The zero-order chi connectivity index (χ0) is 22.8. The van der Waals surface area contributed by atoms with Gasteiger partial charge in [-0.3, -0.25) is 14.5 Å². The van der Waals surface area contributed by atoms with Crippen molar-refractivity contribution in [1.82, 2.24) is 10.2 Å². The van der Waals surface area contributed by atoms with Crippen LogP contribution < -0.4 is 15.5 Å². The van der Waals surface area contributed by atoms with E-state index in [1.807, 2.05) is 24.3 Å². The Bertz CT molecular complexity index is 1080. The predicted molar refractivity (Wildman–Crippen MR) is 127 cm³/mol. The van der Waals surface area contributed by atoms with Crippen molar-refractivity contribution in [1.29, 1.82) is 0 Å². The minimum atomic E-state index is -0.688. The molecule has 2 aromatic carbocycles. The quantitative estimate of drug-likeness (QED) is 0.634. The lowest BCUT2D eigenvalue weighted by Crippen LogP contribution is -2.44. The van der Waals surface area contributed by atoms with Crippen LogP contribution in [-0.4, -0.2) is 41.4 Å². The highest BCUT2D eigenvalue weighted by atomic mass is 16.2. The van der Waals surface area contributed by atoms with Crippen LogP contribution in [0.25, 0.3) is 0 Å². The van der Waals surface area contributed by atoms with Crippen molar-refractivity contribution in [2.45, 2.75) is 57.0 Å². The monoisotopic (exact) mass is 446 g/mol. The molecule has 7 heteroatoms. The molecule has 1 saturated carbocycles. The average Bonchev–Trinajstić information content (AvgIpc) is 3.51. The summed E-state index contributed by atoms with van der Waals surface area (Å²) in [4.78, 5) is 41.3. The van der Waals surface area contributed by atoms with Crippen LogP contribution in [0.1, 0.15) is 49.7 Å². The van der Waals surface area contributed by atoms with Crippen LogP contribution in [-0.2, 0) is 22.6 Å². The molecule has 2 N–H and O–H groups in total. The van der Waals surface area contributed by atoms with Crippen molar-refractivity contribution in [2.75, 3.05) is 23.3 Å². The summed E-state index contributed by atoms with van der Waals surface area (Å²) >= 11 is 0. The lowest BCUT2D eigenvalue weighted by Gasteiger charge is -2.21. The molecular formula is C26H30N4O3. The minimum Gasteiger partial charge on any atom is -0.367 e. The first-order valence-corrected chi connectivity index (χ1v) is 11.9. The highest BCUT2D eigenvalue weighted by Crippen LogP contribution is 2.35. The molecule has 33 heavy (non-hydrogen) atoms. The first-order valence-electron chi connectivity index (χ1n) is 11.9. The van der Waals surface area contributed by atoms with Gasteiger partial charge >= 0.3 is 6.03 Å². The number of nitrogens with one attached hydrogen (secondary N) is 2. The van der Waals surface area contributed by atoms with Crippen LogP contribution in [0, 0.1) is 0 Å². The molecule has 4 amide bonds. The number of nitrogens with zero attached hydrogens (tertiary/aromatic N) is 2. The van der Waals surface area contributed by atoms with Gasteiger partial charge in [-0.15, -0.1) is 0 Å². The summed E-state index contributed by atoms with van der Waals surface area (Å²) in [5, 5.41) is 5.92. The minimum absolute atomic E-state index is 0.105. The number of benzene rings is 2. The molecule has 172 valence electrons. The van der Waals surface area contributed by atoms with Gasteiger partial charge in [0, 0.05) is 37.4 Å². The summed E-state index contributed by atoms with van der Waals surface area (Å²) in [6.07, 6.45) is 5.09. The molecule has 1 aliphatic carbocycles. The van der Waals surface area contributed by atoms with Crippen molar-refractivity contribution < 1.29 is 14.4 Å². The number of amides is 4. The molecule has 2 fully saturated rings. The van der Waals surface area contributed by atoms with Crippen LogP contribution in [0.15, 0.2) is 48.5 Å². The second-order valence-electron chi connectivity index (χ2n) is 9.29. The molecule has 1 spiro atoms. The number of hydrogen-bond donors (Lipinski definition) is 2. The molecule has 0 bridgehead atoms. The van der Waals surface area contributed by atoms with E-state index in [4.69, 9.17) is 0 Å². The van der Waals surface area contributed by atoms with Gasteiger partial charge in [0.05, 0.1) is 0 Å².